The van der Waals surface area contributed by atoms with Crippen LogP contribution in [0.2, 0.25) is 0 Å². The average Bonchev–Trinajstić information content (AvgIpc) is 2.46. The number of rotatable bonds is 3. The van der Waals surface area contributed by atoms with E-state index in [4.69, 9.17) is 4.74 Å². The molecule has 1 atom stereocenters. The van der Waals surface area contributed by atoms with Gasteiger partial charge in [-0.05, 0) is 18.6 Å². The van der Waals surface area contributed by atoms with E-state index in [0.29, 0.717) is 25.1 Å². The Morgan fingerprint density at radius 2 is 2.26 bits per heavy atom. The van der Waals surface area contributed by atoms with Crippen molar-refractivity contribution in [2.24, 2.45) is 5.92 Å². The van der Waals surface area contributed by atoms with Gasteiger partial charge in [-0.25, -0.2) is 0 Å². The Morgan fingerprint density at radius 3 is 2.89 bits per heavy atom. The SMILES string of the molecule is COc1cccc(N(C)C(=O)C2CCC(=O)NC2)c1. The molecular formula is C14H18N2O3. The van der Waals surface area contributed by atoms with Gasteiger partial charge in [0, 0.05) is 31.8 Å². The number of nitrogens with one attached hydrogen (secondary N) is 1. The minimum absolute atomic E-state index is 0.0214. The van der Waals surface area contributed by atoms with Crippen molar-refractivity contribution in [3.05, 3.63) is 24.3 Å². The fourth-order valence-corrected chi connectivity index (χ4v) is 2.16. The monoisotopic (exact) mass is 262 g/mol. The van der Waals surface area contributed by atoms with Crippen LogP contribution in [0.1, 0.15) is 12.8 Å². The fourth-order valence-electron chi connectivity index (χ4n) is 2.16. The van der Waals surface area contributed by atoms with Crippen LogP contribution >= 0.6 is 0 Å². The zero-order valence-electron chi connectivity index (χ0n) is 11.2. The molecule has 2 amide bonds. The van der Waals surface area contributed by atoms with Gasteiger partial charge in [0.15, 0.2) is 0 Å². The second-order valence-electron chi connectivity index (χ2n) is 4.64. The van der Waals surface area contributed by atoms with Crippen LogP contribution in [0, 0.1) is 5.92 Å². The molecule has 1 unspecified atom stereocenters. The Balaban J connectivity index is 2.07. The van der Waals surface area contributed by atoms with Gasteiger partial charge in [-0.15, -0.1) is 0 Å². The Kier molecular flexibility index (Phi) is 4.04. The number of amides is 2. The topological polar surface area (TPSA) is 58.6 Å². The summed E-state index contributed by atoms with van der Waals surface area (Å²) in [5, 5.41) is 2.73. The largest absolute Gasteiger partial charge is 0.497 e. The summed E-state index contributed by atoms with van der Waals surface area (Å²) >= 11 is 0. The Bertz CT molecular complexity index is 477. The standard InChI is InChI=1S/C14H18N2O3/c1-16(11-4-3-5-12(8-11)19-2)14(18)10-6-7-13(17)15-9-10/h3-5,8,10H,6-7,9H2,1-2H3,(H,15,17). The second kappa shape index (κ2) is 5.73. The molecule has 1 aromatic carbocycles. The molecule has 1 aromatic rings. The van der Waals surface area contributed by atoms with Crippen molar-refractivity contribution in [1.29, 1.82) is 0 Å². The lowest BCUT2D eigenvalue weighted by Gasteiger charge is -2.26. The van der Waals surface area contributed by atoms with Crippen molar-refractivity contribution in [2.45, 2.75) is 12.8 Å². The molecule has 0 saturated carbocycles. The van der Waals surface area contributed by atoms with E-state index in [1.807, 2.05) is 24.3 Å². The number of nitrogens with zero attached hydrogens (tertiary/aromatic N) is 1. The second-order valence-corrected chi connectivity index (χ2v) is 4.64. The van der Waals surface area contributed by atoms with Crippen LogP contribution in [0.25, 0.3) is 0 Å². The van der Waals surface area contributed by atoms with Gasteiger partial charge in [0.05, 0.1) is 13.0 Å². The van der Waals surface area contributed by atoms with Gasteiger partial charge in [-0.2, -0.15) is 0 Å². The average molecular weight is 262 g/mol. The highest BCUT2D eigenvalue weighted by atomic mass is 16.5. The summed E-state index contributed by atoms with van der Waals surface area (Å²) < 4.78 is 5.15. The lowest BCUT2D eigenvalue weighted by Crippen LogP contribution is -2.43. The molecule has 102 valence electrons. The molecule has 0 radical (unpaired) electrons. The zero-order chi connectivity index (χ0) is 13.8. The molecule has 2 rings (SSSR count). The Hall–Kier alpha value is -2.04. The van der Waals surface area contributed by atoms with E-state index in [9.17, 15) is 9.59 Å². The molecule has 1 N–H and O–H groups in total. The van der Waals surface area contributed by atoms with Crippen molar-refractivity contribution in [2.75, 3.05) is 25.6 Å². The first-order valence-corrected chi connectivity index (χ1v) is 6.30. The summed E-state index contributed by atoms with van der Waals surface area (Å²) in [4.78, 5) is 25.1. The first-order chi connectivity index (χ1) is 9.11. The predicted octanol–water partition coefficient (Wildman–Crippen LogP) is 1.18. The van der Waals surface area contributed by atoms with Crippen LogP contribution < -0.4 is 15.0 Å². The number of carbonyl (C=O) groups is 2. The van der Waals surface area contributed by atoms with Gasteiger partial charge in [0.2, 0.25) is 11.8 Å². The number of benzene rings is 1. The summed E-state index contributed by atoms with van der Waals surface area (Å²) in [5.41, 5.74) is 0.793. The summed E-state index contributed by atoms with van der Waals surface area (Å²) in [6.07, 6.45) is 1.03. The van der Waals surface area contributed by atoms with Gasteiger partial charge in [-0.3, -0.25) is 9.59 Å². The van der Waals surface area contributed by atoms with Crippen molar-refractivity contribution < 1.29 is 14.3 Å². The van der Waals surface area contributed by atoms with Crippen LogP contribution in [0.15, 0.2) is 24.3 Å². The maximum Gasteiger partial charge on any atom is 0.231 e. The highest BCUT2D eigenvalue weighted by Gasteiger charge is 2.27. The smallest absolute Gasteiger partial charge is 0.231 e. The number of carbonyl (C=O) groups excluding carboxylic acids is 2. The maximum atomic E-state index is 12.3. The molecular weight excluding hydrogens is 244 g/mol. The zero-order valence-corrected chi connectivity index (χ0v) is 11.2. The van der Waals surface area contributed by atoms with E-state index >= 15 is 0 Å². The highest BCUT2D eigenvalue weighted by molar-refractivity contribution is 5.96. The number of piperidine rings is 1. The van der Waals surface area contributed by atoms with Crippen LogP contribution in [-0.2, 0) is 9.59 Å². The molecule has 1 fully saturated rings. The first kappa shape index (κ1) is 13.4. The molecule has 0 spiro atoms. The molecule has 5 nitrogen and oxygen atoms in total. The number of methoxy groups -OCH3 is 1. The van der Waals surface area contributed by atoms with Gasteiger partial charge >= 0.3 is 0 Å². The van der Waals surface area contributed by atoms with Crippen molar-refractivity contribution in [1.82, 2.24) is 5.32 Å². The Labute approximate surface area is 112 Å². The molecule has 0 bridgehead atoms. The van der Waals surface area contributed by atoms with Crippen LogP contribution in [0.5, 0.6) is 5.75 Å². The number of hydrogen-bond acceptors (Lipinski definition) is 3. The third-order valence-electron chi connectivity index (χ3n) is 3.39. The van der Waals surface area contributed by atoms with Crippen LogP contribution in [-0.4, -0.2) is 32.5 Å². The van der Waals surface area contributed by atoms with E-state index < -0.39 is 0 Å². The first-order valence-electron chi connectivity index (χ1n) is 6.30. The normalized spacial score (nSPS) is 18.6. The lowest BCUT2D eigenvalue weighted by molar-refractivity contribution is -0.127. The van der Waals surface area contributed by atoms with E-state index in [-0.39, 0.29) is 17.7 Å². The highest BCUT2D eigenvalue weighted by Crippen LogP contribution is 2.23. The summed E-state index contributed by atoms with van der Waals surface area (Å²) in [6, 6.07) is 7.37. The summed E-state index contributed by atoms with van der Waals surface area (Å²) in [7, 11) is 3.34. The molecule has 0 aliphatic carbocycles. The van der Waals surface area contributed by atoms with Gasteiger partial charge < -0.3 is 15.0 Å². The van der Waals surface area contributed by atoms with Gasteiger partial charge in [0.1, 0.15) is 5.75 Å². The minimum Gasteiger partial charge on any atom is -0.497 e. The van der Waals surface area contributed by atoms with E-state index in [1.54, 1.807) is 19.1 Å². The summed E-state index contributed by atoms with van der Waals surface area (Å²) in [6.45, 7) is 0.423. The molecule has 19 heavy (non-hydrogen) atoms. The van der Waals surface area contributed by atoms with Crippen molar-refractivity contribution >= 4 is 17.5 Å². The third-order valence-corrected chi connectivity index (χ3v) is 3.39. The number of ether oxygens (including phenoxy) is 1. The predicted molar refractivity (Wildman–Crippen MR) is 72.1 cm³/mol. The van der Waals surface area contributed by atoms with E-state index in [0.717, 1.165) is 5.69 Å². The molecule has 1 heterocycles. The third kappa shape index (κ3) is 3.05. The number of hydrogen-bond donors (Lipinski definition) is 1. The molecule has 1 aliphatic rings. The summed E-state index contributed by atoms with van der Waals surface area (Å²) in [5.74, 6) is 0.615. The molecule has 5 heteroatoms. The molecule has 0 aromatic heterocycles. The quantitative estimate of drug-likeness (QED) is 0.890. The van der Waals surface area contributed by atoms with Gasteiger partial charge in [0.25, 0.3) is 0 Å². The lowest BCUT2D eigenvalue weighted by atomic mass is 9.97. The van der Waals surface area contributed by atoms with E-state index in [2.05, 4.69) is 5.32 Å². The van der Waals surface area contributed by atoms with Crippen molar-refractivity contribution in [3.8, 4) is 5.75 Å². The minimum atomic E-state index is -0.145. The van der Waals surface area contributed by atoms with Crippen LogP contribution in [0.3, 0.4) is 0 Å². The van der Waals surface area contributed by atoms with Crippen LogP contribution in [0.4, 0.5) is 5.69 Å². The Morgan fingerprint density at radius 1 is 1.47 bits per heavy atom. The number of anilines is 1. The van der Waals surface area contributed by atoms with E-state index in [1.165, 1.54) is 0 Å². The fraction of sp³-hybridized carbons (Fsp3) is 0.429. The molecule has 1 saturated heterocycles. The maximum absolute atomic E-state index is 12.3. The molecule has 1 aliphatic heterocycles. The van der Waals surface area contributed by atoms with Crippen molar-refractivity contribution in [3.63, 3.8) is 0 Å². The van der Waals surface area contributed by atoms with Gasteiger partial charge in [-0.1, -0.05) is 6.07 Å².